The summed E-state index contributed by atoms with van der Waals surface area (Å²) in [5.74, 6) is 0.889. The van der Waals surface area contributed by atoms with Gasteiger partial charge >= 0.3 is 0 Å². The zero-order valence-electron chi connectivity index (χ0n) is 9.28. The molecule has 2 aromatic rings. The summed E-state index contributed by atoms with van der Waals surface area (Å²) in [6, 6.07) is 11.9. The molecule has 17 heavy (non-hydrogen) atoms. The van der Waals surface area contributed by atoms with Crippen LogP contribution < -0.4 is 10.5 Å². The number of rotatable bonds is 4. The Balaban J connectivity index is 1.92. The van der Waals surface area contributed by atoms with Crippen molar-refractivity contribution < 1.29 is 9.84 Å². The Morgan fingerprint density at radius 2 is 1.94 bits per heavy atom. The number of aromatic hydroxyl groups is 1. The van der Waals surface area contributed by atoms with Gasteiger partial charge in [-0.3, -0.25) is 4.98 Å². The fourth-order valence-electron chi connectivity index (χ4n) is 1.41. The molecular weight excluding hydrogens is 216 g/mol. The van der Waals surface area contributed by atoms with Gasteiger partial charge in [-0.1, -0.05) is 6.07 Å². The van der Waals surface area contributed by atoms with E-state index < -0.39 is 0 Å². The molecule has 2 rings (SSSR count). The molecule has 0 spiro atoms. The van der Waals surface area contributed by atoms with E-state index in [1.165, 1.54) is 0 Å². The summed E-state index contributed by atoms with van der Waals surface area (Å²) in [4.78, 5) is 4.16. The Bertz CT molecular complexity index is 457. The molecule has 1 unspecified atom stereocenters. The van der Waals surface area contributed by atoms with Crippen molar-refractivity contribution in [3.63, 3.8) is 0 Å². The molecule has 0 saturated carbocycles. The minimum atomic E-state index is -0.259. The predicted octanol–water partition coefficient (Wildman–Crippen LogP) is 1.87. The molecule has 1 atom stereocenters. The number of hydrogen-bond acceptors (Lipinski definition) is 4. The molecule has 0 radical (unpaired) electrons. The smallest absolute Gasteiger partial charge is 0.119 e. The van der Waals surface area contributed by atoms with Gasteiger partial charge in [-0.25, -0.2) is 0 Å². The quantitative estimate of drug-likeness (QED) is 0.841. The fraction of sp³-hybridized carbons (Fsp3) is 0.154. The molecule has 3 N–H and O–H groups in total. The molecule has 1 aromatic heterocycles. The van der Waals surface area contributed by atoms with Gasteiger partial charge in [0.15, 0.2) is 0 Å². The van der Waals surface area contributed by atoms with Crippen LogP contribution in [0.3, 0.4) is 0 Å². The third-order valence-electron chi connectivity index (χ3n) is 2.33. The molecule has 0 aliphatic carbocycles. The van der Waals surface area contributed by atoms with Crippen LogP contribution in [-0.2, 0) is 0 Å². The third-order valence-corrected chi connectivity index (χ3v) is 2.33. The number of phenolic OH excluding ortho intramolecular Hbond substituents is 1. The summed E-state index contributed by atoms with van der Waals surface area (Å²) < 4.78 is 5.50. The Morgan fingerprint density at radius 3 is 2.59 bits per heavy atom. The summed E-state index contributed by atoms with van der Waals surface area (Å²) >= 11 is 0. The second-order valence-corrected chi connectivity index (χ2v) is 3.67. The average molecular weight is 230 g/mol. The van der Waals surface area contributed by atoms with Crippen LogP contribution in [0.2, 0.25) is 0 Å². The van der Waals surface area contributed by atoms with Crippen LogP contribution in [-0.4, -0.2) is 16.7 Å². The van der Waals surface area contributed by atoms with E-state index in [2.05, 4.69) is 4.98 Å². The van der Waals surface area contributed by atoms with E-state index in [9.17, 15) is 0 Å². The Morgan fingerprint density at radius 1 is 1.18 bits per heavy atom. The van der Waals surface area contributed by atoms with Crippen molar-refractivity contribution in [2.45, 2.75) is 6.04 Å². The summed E-state index contributed by atoms with van der Waals surface area (Å²) in [6.07, 6.45) is 1.70. The number of nitrogens with two attached hydrogens (primary N) is 1. The Hall–Kier alpha value is -2.07. The SMILES string of the molecule is NC(COc1ccc(O)cc1)c1ccccn1. The monoisotopic (exact) mass is 230 g/mol. The average Bonchev–Trinajstić information content (AvgIpc) is 2.39. The highest BCUT2D eigenvalue weighted by molar-refractivity contribution is 5.30. The molecule has 1 heterocycles. The Labute approximate surface area is 99.7 Å². The summed E-state index contributed by atoms with van der Waals surface area (Å²) in [7, 11) is 0. The highest BCUT2D eigenvalue weighted by Gasteiger charge is 2.07. The minimum Gasteiger partial charge on any atom is -0.508 e. The molecule has 0 amide bonds. The summed E-state index contributed by atoms with van der Waals surface area (Å²) in [5.41, 5.74) is 6.73. The summed E-state index contributed by atoms with van der Waals surface area (Å²) in [6.45, 7) is 0.349. The second kappa shape index (κ2) is 5.32. The van der Waals surface area contributed by atoms with Crippen LogP contribution in [0.25, 0.3) is 0 Å². The van der Waals surface area contributed by atoms with E-state index in [0.29, 0.717) is 12.4 Å². The van der Waals surface area contributed by atoms with Gasteiger partial charge in [-0.15, -0.1) is 0 Å². The van der Waals surface area contributed by atoms with Crippen molar-refractivity contribution in [3.05, 3.63) is 54.4 Å². The first-order valence-corrected chi connectivity index (χ1v) is 5.34. The first-order chi connectivity index (χ1) is 8.25. The molecule has 0 fully saturated rings. The molecule has 1 aromatic carbocycles. The molecule has 4 heteroatoms. The number of pyridine rings is 1. The lowest BCUT2D eigenvalue weighted by atomic mass is 10.2. The lowest BCUT2D eigenvalue weighted by Gasteiger charge is -2.12. The van der Waals surface area contributed by atoms with Crippen molar-refractivity contribution in [2.24, 2.45) is 5.73 Å². The largest absolute Gasteiger partial charge is 0.508 e. The van der Waals surface area contributed by atoms with Gasteiger partial charge < -0.3 is 15.6 Å². The zero-order valence-corrected chi connectivity index (χ0v) is 9.28. The normalized spacial score (nSPS) is 12.1. The third kappa shape index (κ3) is 3.19. The second-order valence-electron chi connectivity index (χ2n) is 3.67. The van der Waals surface area contributed by atoms with Gasteiger partial charge in [0.25, 0.3) is 0 Å². The molecule has 0 aliphatic rings. The maximum Gasteiger partial charge on any atom is 0.119 e. The van der Waals surface area contributed by atoms with Gasteiger partial charge in [0.1, 0.15) is 18.1 Å². The van der Waals surface area contributed by atoms with Gasteiger partial charge in [0.2, 0.25) is 0 Å². The van der Waals surface area contributed by atoms with Crippen molar-refractivity contribution in [3.8, 4) is 11.5 Å². The van der Waals surface area contributed by atoms with E-state index in [0.717, 1.165) is 5.69 Å². The lowest BCUT2D eigenvalue weighted by Crippen LogP contribution is -2.19. The van der Waals surface area contributed by atoms with Crippen LogP contribution >= 0.6 is 0 Å². The van der Waals surface area contributed by atoms with Crippen LogP contribution in [0.15, 0.2) is 48.7 Å². The first kappa shape index (κ1) is 11.4. The topological polar surface area (TPSA) is 68.4 Å². The molecule has 0 saturated heterocycles. The molecular formula is C13H14N2O2. The minimum absolute atomic E-state index is 0.214. The standard InChI is InChI=1S/C13H14N2O2/c14-12(13-3-1-2-8-15-13)9-17-11-6-4-10(16)5-7-11/h1-8,12,16H,9,14H2. The number of phenols is 1. The highest BCUT2D eigenvalue weighted by Crippen LogP contribution is 2.17. The lowest BCUT2D eigenvalue weighted by molar-refractivity contribution is 0.288. The zero-order chi connectivity index (χ0) is 12.1. The van der Waals surface area contributed by atoms with Crippen LogP contribution in [0, 0.1) is 0 Å². The van der Waals surface area contributed by atoms with Crippen molar-refractivity contribution >= 4 is 0 Å². The molecule has 0 aliphatic heterocycles. The van der Waals surface area contributed by atoms with Gasteiger partial charge in [0.05, 0.1) is 11.7 Å². The van der Waals surface area contributed by atoms with Crippen LogP contribution in [0.4, 0.5) is 0 Å². The maximum absolute atomic E-state index is 9.12. The number of aromatic nitrogens is 1. The van der Waals surface area contributed by atoms with E-state index >= 15 is 0 Å². The molecule has 0 bridgehead atoms. The fourth-order valence-corrected chi connectivity index (χ4v) is 1.41. The van der Waals surface area contributed by atoms with Crippen molar-refractivity contribution in [1.82, 2.24) is 4.98 Å². The predicted molar refractivity (Wildman–Crippen MR) is 64.8 cm³/mol. The summed E-state index contributed by atoms with van der Waals surface area (Å²) in [5, 5.41) is 9.12. The number of benzene rings is 1. The van der Waals surface area contributed by atoms with Gasteiger partial charge in [-0.05, 0) is 36.4 Å². The number of hydrogen-bond donors (Lipinski definition) is 2. The Kier molecular flexibility index (Phi) is 3.57. The van der Waals surface area contributed by atoms with Crippen molar-refractivity contribution in [1.29, 1.82) is 0 Å². The van der Waals surface area contributed by atoms with Crippen molar-refractivity contribution in [2.75, 3.05) is 6.61 Å². The van der Waals surface area contributed by atoms with E-state index in [1.807, 2.05) is 18.2 Å². The van der Waals surface area contributed by atoms with Gasteiger partial charge in [0, 0.05) is 6.20 Å². The van der Waals surface area contributed by atoms with Crippen LogP contribution in [0.1, 0.15) is 11.7 Å². The van der Waals surface area contributed by atoms with E-state index in [1.54, 1.807) is 30.5 Å². The van der Waals surface area contributed by atoms with Gasteiger partial charge in [-0.2, -0.15) is 0 Å². The van der Waals surface area contributed by atoms with E-state index in [4.69, 9.17) is 15.6 Å². The van der Waals surface area contributed by atoms with E-state index in [-0.39, 0.29) is 11.8 Å². The highest BCUT2D eigenvalue weighted by atomic mass is 16.5. The molecule has 88 valence electrons. The maximum atomic E-state index is 9.12. The van der Waals surface area contributed by atoms with Crippen LogP contribution in [0.5, 0.6) is 11.5 Å². The molecule has 4 nitrogen and oxygen atoms in total. The first-order valence-electron chi connectivity index (χ1n) is 5.34. The number of ether oxygens (including phenoxy) is 1. The number of nitrogens with zero attached hydrogens (tertiary/aromatic N) is 1.